The number of para-hydroxylation sites is 1. The molecule has 0 aliphatic heterocycles. The maximum atomic E-state index is 10.4. The van der Waals surface area contributed by atoms with E-state index in [4.69, 9.17) is 16.3 Å². The second kappa shape index (κ2) is 7.78. The highest BCUT2D eigenvalue weighted by atomic mass is 16.7. The lowest BCUT2D eigenvalue weighted by atomic mass is 10.3. The predicted molar refractivity (Wildman–Crippen MR) is 58.7 cm³/mol. The summed E-state index contributed by atoms with van der Waals surface area (Å²) in [4.78, 5) is 15.2. The van der Waals surface area contributed by atoms with Gasteiger partial charge < -0.3 is 16.3 Å². The van der Waals surface area contributed by atoms with Gasteiger partial charge in [-0.1, -0.05) is 18.2 Å². The number of hydrogen-bond acceptors (Lipinski definition) is 4. The van der Waals surface area contributed by atoms with E-state index in [-0.39, 0.29) is 12.1 Å². The molecule has 0 atom stereocenters. The third kappa shape index (κ3) is 10.3. The topological polar surface area (TPSA) is 90.4 Å². The van der Waals surface area contributed by atoms with Gasteiger partial charge in [-0.25, -0.2) is 0 Å². The molecule has 0 fully saturated rings. The Morgan fingerprint density at radius 2 is 1.80 bits per heavy atom. The van der Waals surface area contributed by atoms with Crippen LogP contribution < -0.4 is 21.8 Å². The van der Waals surface area contributed by atoms with Gasteiger partial charge in [0.25, 0.3) is 0 Å². The number of rotatable bonds is 2. The first-order valence-corrected chi connectivity index (χ1v) is 4.52. The van der Waals surface area contributed by atoms with Crippen LogP contribution in [0.15, 0.2) is 30.3 Å². The third-order valence-electron chi connectivity index (χ3n) is 1.06. The van der Waals surface area contributed by atoms with Gasteiger partial charge in [-0.3, -0.25) is 4.79 Å². The summed E-state index contributed by atoms with van der Waals surface area (Å²) in [5, 5.41) is 0. The SMILES string of the molecule is CC(=O)NOc1ccccc1.CC(N)N. The first kappa shape index (κ1) is 13.4. The van der Waals surface area contributed by atoms with Crippen molar-refractivity contribution in [3.05, 3.63) is 30.3 Å². The Balaban J connectivity index is 0.000000423. The summed E-state index contributed by atoms with van der Waals surface area (Å²) in [5.74, 6) is 0.413. The Labute approximate surface area is 89.4 Å². The molecule has 84 valence electrons. The molecule has 5 N–H and O–H groups in total. The van der Waals surface area contributed by atoms with Crippen molar-refractivity contribution in [1.29, 1.82) is 0 Å². The number of hydrogen-bond donors (Lipinski definition) is 3. The maximum Gasteiger partial charge on any atom is 0.249 e. The number of amides is 1. The van der Waals surface area contributed by atoms with Crippen LogP contribution in [-0.2, 0) is 4.79 Å². The number of hydroxylamine groups is 1. The van der Waals surface area contributed by atoms with Crippen LogP contribution in [-0.4, -0.2) is 12.1 Å². The van der Waals surface area contributed by atoms with Gasteiger partial charge in [0.05, 0.1) is 0 Å². The second-order valence-electron chi connectivity index (χ2n) is 2.93. The van der Waals surface area contributed by atoms with Gasteiger partial charge in [0, 0.05) is 13.1 Å². The molecule has 0 bridgehead atoms. The smallest absolute Gasteiger partial charge is 0.249 e. The number of nitrogens with one attached hydrogen (secondary N) is 1. The van der Waals surface area contributed by atoms with Crippen LogP contribution in [0, 0.1) is 0 Å². The summed E-state index contributed by atoms with van der Waals surface area (Å²) in [7, 11) is 0. The predicted octanol–water partition coefficient (Wildman–Crippen LogP) is 0.366. The molecule has 1 amide bonds. The first-order valence-electron chi connectivity index (χ1n) is 4.52. The summed E-state index contributed by atoms with van der Waals surface area (Å²) < 4.78 is 0. The number of carbonyl (C=O) groups excluding carboxylic acids is 1. The molecule has 15 heavy (non-hydrogen) atoms. The molecule has 1 aromatic rings. The second-order valence-corrected chi connectivity index (χ2v) is 2.93. The Hall–Kier alpha value is -1.59. The average molecular weight is 211 g/mol. The third-order valence-corrected chi connectivity index (χ3v) is 1.06. The molecule has 0 saturated carbocycles. The summed E-state index contributed by atoms with van der Waals surface area (Å²) in [6, 6.07) is 9.06. The molecule has 1 aromatic carbocycles. The van der Waals surface area contributed by atoms with Crippen LogP contribution >= 0.6 is 0 Å². The Kier molecular flexibility index (Phi) is 6.96. The van der Waals surface area contributed by atoms with Crippen LogP contribution in [0.1, 0.15) is 13.8 Å². The lowest BCUT2D eigenvalue weighted by molar-refractivity contribution is -0.125. The van der Waals surface area contributed by atoms with E-state index in [2.05, 4.69) is 5.48 Å². The summed E-state index contributed by atoms with van der Waals surface area (Å²) in [6.45, 7) is 3.11. The molecule has 5 nitrogen and oxygen atoms in total. The highest BCUT2D eigenvalue weighted by Crippen LogP contribution is 2.05. The Bertz CT molecular complexity index is 273. The van der Waals surface area contributed by atoms with E-state index >= 15 is 0 Å². The summed E-state index contributed by atoms with van der Waals surface area (Å²) in [5.41, 5.74) is 12.0. The van der Waals surface area contributed by atoms with Gasteiger partial charge in [0.1, 0.15) is 0 Å². The molecule has 0 saturated heterocycles. The van der Waals surface area contributed by atoms with E-state index in [0.717, 1.165) is 0 Å². The molecule has 0 aliphatic rings. The van der Waals surface area contributed by atoms with Crippen LogP contribution in [0.25, 0.3) is 0 Å². The zero-order valence-electron chi connectivity index (χ0n) is 8.94. The Morgan fingerprint density at radius 1 is 1.33 bits per heavy atom. The van der Waals surface area contributed by atoms with E-state index in [1.165, 1.54) is 6.92 Å². The van der Waals surface area contributed by atoms with Crippen LogP contribution in [0.3, 0.4) is 0 Å². The highest BCUT2D eigenvalue weighted by Gasteiger charge is 1.91. The van der Waals surface area contributed by atoms with Crippen molar-refractivity contribution in [1.82, 2.24) is 5.48 Å². The van der Waals surface area contributed by atoms with Gasteiger partial charge in [-0.2, -0.15) is 5.48 Å². The average Bonchev–Trinajstić information content (AvgIpc) is 2.15. The van der Waals surface area contributed by atoms with Gasteiger partial charge in [0.2, 0.25) is 5.91 Å². The molecule has 0 spiro atoms. The van der Waals surface area contributed by atoms with E-state index in [9.17, 15) is 4.79 Å². The van der Waals surface area contributed by atoms with E-state index in [0.29, 0.717) is 5.75 Å². The quantitative estimate of drug-likeness (QED) is 0.487. The fraction of sp³-hybridized carbons (Fsp3) is 0.300. The molecule has 1 rings (SSSR count). The van der Waals surface area contributed by atoms with Gasteiger partial charge in [-0.05, 0) is 19.1 Å². The van der Waals surface area contributed by atoms with Crippen molar-refractivity contribution in [2.75, 3.05) is 0 Å². The van der Waals surface area contributed by atoms with E-state index in [1.807, 2.05) is 18.2 Å². The van der Waals surface area contributed by atoms with E-state index in [1.54, 1.807) is 19.1 Å². The minimum absolute atomic E-state index is 0.167. The van der Waals surface area contributed by atoms with Crippen LogP contribution in [0.5, 0.6) is 5.75 Å². The number of carbonyl (C=O) groups is 1. The zero-order valence-corrected chi connectivity index (χ0v) is 8.94. The maximum absolute atomic E-state index is 10.4. The minimum atomic E-state index is -0.214. The first-order chi connectivity index (χ1) is 7.02. The van der Waals surface area contributed by atoms with Gasteiger partial charge in [0.15, 0.2) is 5.75 Å². The van der Waals surface area contributed by atoms with Crippen LogP contribution in [0.4, 0.5) is 0 Å². The van der Waals surface area contributed by atoms with Crippen molar-refractivity contribution in [2.24, 2.45) is 11.5 Å². The van der Waals surface area contributed by atoms with Gasteiger partial charge >= 0.3 is 0 Å². The van der Waals surface area contributed by atoms with Crippen molar-refractivity contribution in [3.8, 4) is 5.75 Å². The van der Waals surface area contributed by atoms with Crippen molar-refractivity contribution in [3.63, 3.8) is 0 Å². The minimum Gasteiger partial charge on any atom is -0.380 e. The van der Waals surface area contributed by atoms with Crippen molar-refractivity contribution >= 4 is 5.91 Å². The lowest BCUT2D eigenvalue weighted by Gasteiger charge is -2.02. The Morgan fingerprint density at radius 3 is 2.20 bits per heavy atom. The molecule has 0 heterocycles. The molecule has 0 radical (unpaired) electrons. The molecular weight excluding hydrogens is 194 g/mol. The standard InChI is InChI=1S/C8H9NO2.C2H8N2/c1-7(10)9-11-8-5-3-2-4-6-8;1-2(3)4/h2-6H,1H3,(H,9,10);2H,3-4H2,1H3. The lowest BCUT2D eigenvalue weighted by Crippen LogP contribution is -2.25. The fourth-order valence-electron chi connectivity index (χ4n) is 0.619. The molecule has 0 aliphatic carbocycles. The summed E-state index contributed by atoms with van der Waals surface area (Å²) in [6.07, 6.45) is -0.167. The van der Waals surface area contributed by atoms with Crippen molar-refractivity contribution < 1.29 is 9.63 Å². The van der Waals surface area contributed by atoms with E-state index < -0.39 is 0 Å². The normalized spacial score (nSPS) is 8.87. The van der Waals surface area contributed by atoms with Crippen LogP contribution in [0.2, 0.25) is 0 Å². The monoisotopic (exact) mass is 211 g/mol. The van der Waals surface area contributed by atoms with Gasteiger partial charge in [-0.15, -0.1) is 0 Å². The number of benzene rings is 1. The highest BCUT2D eigenvalue weighted by molar-refractivity contribution is 5.71. The molecular formula is C10H17N3O2. The fourth-order valence-corrected chi connectivity index (χ4v) is 0.619. The summed E-state index contributed by atoms with van der Waals surface area (Å²) >= 11 is 0. The molecule has 0 aromatic heterocycles. The zero-order chi connectivity index (χ0) is 11.7. The number of nitrogens with two attached hydrogens (primary N) is 2. The molecule has 0 unspecified atom stereocenters. The molecule has 5 heteroatoms. The largest absolute Gasteiger partial charge is 0.380 e. The van der Waals surface area contributed by atoms with Crippen molar-refractivity contribution in [2.45, 2.75) is 20.0 Å².